The Hall–Kier alpha value is -3.07. The van der Waals surface area contributed by atoms with Gasteiger partial charge in [0.15, 0.2) is 0 Å². The Balaban J connectivity index is 1.35. The third kappa shape index (κ3) is 4.57. The number of nitrogens with zero attached hydrogens (tertiary/aromatic N) is 1. The number of hydrogen-bond acceptors (Lipinski definition) is 4. The van der Waals surface area contributed by atoms with Crippen LogP contribution in [0.1, 0.15) is 29.9 Å². The molecule has 0 radical (unpaired) electrons. The molecule has 0 aromatic heterocycles. The first-order valence-electron chi connectivity index (χ1n) is 10.0. The molecule has 2 saturated heterocycles. The Bertz CT molecular complexity index is 1080. The summed E-state index contributed by atoms with van der Waals surface area (Å²) >= 11 is 5.63. The van der Waals surface area contributed by atoms with Gasteiger partial charge >= 0.3 is 0 Å². The summed E-state index contributed by atoms with van der Waals surface area (Å²) in [5, 5.41) is 4.87. The molecule has 2 aromatic carbocycles. The first-order valence-corrected chi connectivity index (χ1v) is 10.4. The van der Waals surface area contributed by atoms with Crippen molar-refractivity contribution in [3.05, 3.63) is 63.9 Å². The smallest absolute Gasteiger partial charge is 0.234 e. The van der Waals surface area contributed by atoms with Crippen LogP contribution in [-0.2, 0) is 20.8 Å². The van der Waals surface area contributed by atoms with E-state index in [4.69, 9.17) is 11.6 Å². The van der Waals surface area contributed by atoms with Crippen molar-refractivity contribution in [3.63, 3.8) is 0 Å². The summed E-state index contributed by atoms with van der Waals surface area (Å²) in [6.45, 7) is 0.689. The lowest BCUT2D eigenvalue weighted by Gasteiger charge is -2.41. The van der Waals surface area contributed by atoms with E-state index in [1.807, 2.05) is 0 Å². The second-order valence-electron chi connectivity index (χ2n) is 7.92. The first kappa shape index (κ1) is 22.1. The molecule has 2 N–H and O–H groups in total. The van der Waals surface area contributed by atoms with Crippen LogP contribution < -0.4 is 15.5 Å². The second kappa shape index (κ2) is 8.82. The molecule has 3 amide bonds. The summed E-state index contributed by atoms with van der Waals surface area (Å²) in [7, 11) is 0. The lowest BCUT2D eigenvalue weighted by atomic mass is 9.89. The number of amides is 3. The van der Waals surface area contributed by atoms with Gasteiger partial charge in [-0.05, 0) is 36.2 Å². The normalized spacial score (nSPS) is 18.9. The number of hydrogen-bond donors (Lipinski definition) is 2. The standard InChI is InChI=1S/C22H19ClF3N3O3/c23-15-3-1-11(5-16(15)24)6-20(31)27-12-9-29(10-12)13-7-17(25)21(18(26)8-13)14-2-4-19(30)28-22(14)32/h1,3,5,7-8,12,14H,2,4,6,9-10H2,(H,27,31)(H,28,30,32). The van der Waals surface area contributed by atoms with Crippen LogP contribution in [0.15, 0.2) is 30.3 Å². The van der Waals surface area contributed by atoms with E-state index in [0.717, 1.165) is 12.1 Å². The summed E-state index contributed by atoms with van der Waals surface area (Å²) in [6, 6.07) is 6.22. The molecule has 2 aliphatic rings. The third-order valence-electron chi connectivity index (χ3n) is 5.61. The Kier molecular flexibility index (Phi) is 6.10. The number of anilines is 1. The molecule has 0 spiro atoms. The van der Waals surface area contributed by atoms with Gasteiger partial charge in [-0.1, -0.05) is 17.7 Å². The molecule has 0 aliphatic carbocycles. The van der Waals surface area contributed by atoms with Crippen molar-refractivity contribution >= 4 is 35.0 Å². The molecular weight excluding hydrogens is 447 g/mol. The van der Waals surface area contributed by atoms with Crippen LogP contribution in [0.5, 0.6) is 0 Å². The molecule has 32 heavy (non-hydrogen) atoms. The van der Waals surface area contributed by atoms with Crippen LogP contribution in [0.2, 0.25) is 5.02 Å². The maximum atomic E-state index is 14.7. The quantitative estimate of drug-likeness (QED) is 0.666. The maximum absolute atomic E-state index is 14.7. The Morgan fingerprint density at radius 1 is 1.09 bits per heavy atom. The number of imide groups is 1. The van der Waals surface area contributed by atoms with Crippen LogP contribution in [0.4, 0.5) is 18.9 Å². The average molecular weight is 466 g/mol. The highest BCUT2D eigenvalue weighted by Gasteiger charge is 2.34. The predicted octanol–water partition coefficient (Wildman–Crippen LogP) is 2.83. The van der Waals surface area contributed by atoms with Crippen molar-refractivity contribution in [1.82, 2.24) is 10.6 Å². The van der Waals surface area contributed by atoms with E-state index in [-0.39, 0.29) is 41.8 Å². The van der Waals surface area contributed by atoms with E-state index in [1.54, 1.807) is 11.0 Å². The number of rotatable bonds is 5. The highest BCUT2D eigenvalue weighted by atomic mass is 35.5. The molecule has 2 aliphatic heterocycles. The molecule has 4 rings (SSSR count). The van der Waals surface area contributed by atoms with Crippen LogP contribution in [0.25, 0.3) is 0 Å². The Morgan fingerprint density at radius 3 is 2.41 bits per heavy atom. The van der Waals surface area contributed by atoms with Crippen LogP contribution >= 0.6 is 11.6 Å². The summed E-state index contributed by atoms with van der Waals surface area (Å²) < 4.78 is 42.8. The largest absolute Gasteiger partial charge is 0.367 e. The van der Waals surface area contributed by atoms with Crippen LogP contribution in [0, 0.1) is 17.5 Å². The number of piperidine rings is 1. The van der Waals surface area contributed by atoms with E-state index in [9.17, 15) is 27.6 Å². The van der Waals surface area contributed by atoms with Crippen molar-refractivity contribution in [2.75, 3.05) is 18.0 Å². The minimum absolute atomic E-state index is 0.0193. The number of nitrogens with one attached hydrogen (secondary N) is 2. The van der Waals surface area contributed by atoms with Gasteiger partial charge in [-0.15, -0.1) is 0 Å². The van der Waals surface area contributed by atoms with Gasteiger partial charge in [0.2, 0.25) is 17.7 Å². The zero-order chi connectivity index (χ0) is 23.0. The third-order valence-corrected chi connectivity index (χ3v) is 5.92. The van der Waals surface area contributed by atoms with Gasteiger partial charge in [0.05, 0.1) is 23.4 Å². The number of halogens is 4. The van der Waals surface area contributed by atoms with Gasteiger partial charge < -0.3 is 10.2 Å². The lowest BCUT2D eigenvalue weighted by molar-refractivity contribution is -0.134. The summed E-state index contributed by atoms with van der Waals surface area (Å²) in [6.07, 6.45) is 0.0505. The highest BCUT2D eigenvalue weighted by Crippen LogP contribution is 2.33. The number of carbonyl (C=O) groups excluding carboxylic acids is 3. The summed E-state index contributed by atoms with van der Waals surface area (Å²) in [5.41, 5.74) is 0.425. The minimum Gasteiger partial charge on any atom is -0.367 e. The summed E-state index contributed by atoms with van der Waals surface area (Å²) in [5.74, 6) is -4.84. The SMILES string of the molecule is O=C1CCC(c2c(F)cc(N3CC(NC(=O)Cc4ccc(Cl)c(F)c4)C3)cc2F)C(=O)N1. The number of carbonyl (C=O) groups is 3. The molecule has 2 heterocycles. The van der Waals surface area contributed by atoms with Gasteiger partial charge in [-0.2, -0.15) is 0 Å². The fourth-order valence-electron chi connectivity index (χ4n) is 3.95. The fraction of sp³-hybridized carbons (Fsp3) is 0.318. The molecule has 6 nitrogen and oxygen atoms in total. The van der Waals surface area contributed by atoms with E-state index in [2.05, 4.69) is 10.6 Å². The van der Waals surface area contributed by atoms with E-state index < -0.39 is 35.2 Å². The van der Waals surface area contributed by atoms with E-state index in [0.29, 0.717) is 24.3 Å². The fourth-order valence-corrected chi connectivity index (χ4v) is 4.07. The highest BCUT2D eigenvalue weighted by molar-refractivity contribution is 6.30. The Morgan fingerprint density at radius 2 is 1.78 bits per heavy atom. The first-order chi connectivity index (χ1) is 15.2. The minimum atomic E-state index is -1.05. The molecule has 0 bridgehead atoms. The van der Waals surface area contributed by atoms with Crippen molar-refractivity contribution < 1.29 is 27.6 Å². The van der Waals surface area contributed by atoms with Crippen LogP contribution in [0.3, 0.4) is 0 Å². The van der Waals surface area contributed by atoms with Gasteiger partial charge in [0.25, 0.3) is 0 Å². The lowest BCUT2D eigenvalue weighted by Crippen LogP contribution is -2.59. The molecule has 1 atom stereocenters. The maximum Gasteiger partial charge on any atom is 0.234 e. The van der Waals surface area contributed by atoms with Crippen molar-refractivity contribution in [2.24, 2.45) is 0 Å². The second-order valence-corrected chi connectivity index (χ2v) is 8.33. The van der Waals surface area contributed by atoms with Gasteiger partial charge in [-0.25, -0.2) is 13.2 Å². The Labute approximate surface area is 186 Å². The van der Waals surface area contributed by atoms with Crippen molar-refractivity contribution in [2.45, 2.75) is 31.2 Å². The van der Waals surface area contributed by atoms with Crippen molar-refractivity contribution in [1.29, 1.82) is 0 Å². The van der Waals surface area contributed by atoms with Crippen molar-refractivity contribution in [3.8, 4) is 0 Å². The topological polar surface area (TPSA) is 78.5 Å². The van der Waals surface area contributed by atoms with Gasteiger partial charge in [-0.3, -0.25) is 19.7 Å². The molecular formula is C22H19ClF3N3O3. The average Bonchev–Trinajstić information content (AvgIpc) is 2.68. The molecule has 10 heteroatoms. The van der Waals surface area contributed by atoms with Gasteiger partial charge in [0, 0.05) is 30.8 Å². The zero-order valence-corrected chi connectivity index (χ0v) is 17.5. The number of benzene rings is 2. The van der Waals surface area contributed by atoms with E-state index in [1.165, 1.54) is 12.1 Å². The monoisotopic (exact) mass is 465 g/mol. The molecule has 2 aromatic rings. The molecule has 0 saturated carbocycles. The molecule has 2 fully saturated rings. The molecule has 1 unspecified atom stereocenters. The van der Waals surface area contributed by atoms with Crippen LogP contribution in [-0.4, -0.2) is 36.9 Å². The van der Waals surface area contributed by atoms with Gasteiger partial charge in [0.1, 0.15) is 17.5 Å². The van der Waals surface area contributed by atoms with E-state index >= 15 is 0 Å². The zero-order valence-electron chi connectivity index (χ0n) is 16.8. The predicted molar refractivity (Wildman–Crippen MR) is 111 cm³/mol. The molecule has 168 valence electrons. The summed E-state index contributed by atoms with van der Waals surface area (Å²) in [4.78, 5) is 37.1.